The van der Waals surface area contributed by atoms with E-state index >= 15 is 0 Å². The fraction of sp³-hybridized carbons (Fsp3) is 0.500. The first-order valence-electron chi connectivity index (χ1n) is 6.27. The summed E-state index contributed by atoms with van der Waals surface area (Å²) in [7, 11) is 0. The minimum absolute atomic E-state index is 0.0236. The quantitative estimate of drug-likeness (QED) is 0.884. The predicted octanol–water partition coefficient (Wildman–Crippen LogP) is 2.80. The van der Waals surface area contributed by atoms with Gasteiger partial charge in [-0.15, -0.1) is 0 Å². The first-order valence-corrected chi connectivity index (χ1v) is 6.27. The summed E-state index contributed by atoms with van der Waals surface area (Å²) in [4.78, 5) is 0. The number of aliphatic hydroxyl groups excluding tert-OH is 1. The third-order valence-corrected chi connectivity index (χ3v) is 3.93. The number of rotatable bonds is 3. The van der Waals surface area contributed by atoms with Crippen molar-refractivity contribution in [1.29, 1.82) is 5.26 Å². The lowest BCUT2D eigenvalue weighted by Gasteiger charge is -2.31. The molecule has 3 nitrogen and oxygen atoms in total. The van der Waals surface area contributed by atoms with Gasteiger partial charge in [0, 0.05) is 11.5 Å². The van der Waals surface area contributed by atoms with E-state index in [1.54, 1.807) is 6.07 Å². The van der Waals surface area contributed by atoms with Gasteiger partial charge in [0.1, 0.15) is 5.69 Å². The zero-order valence-corrected chi connectivity index (χ0v) is 10.7. The Hall–Kier alpha value is -1.67. The van der Waals surface area contributed by atoms with Crippen LogP contribution in [0.25, 0.3) is 0 Å². The van der Waals surface area contributed by atoms with Crippen LogP contribution in [0.15, 0.2) is 12.1 Å². The number of benzene rings is 1. The molecule has 0 saturated heterocycles. The Labute approximate surface area is 110 Å². The number of halogens is 2. The van der Waals surface area contributed by atoms with Gasteiger partial charge in [-0.05, 0) is 25.0 Å². The summed E-state index contributed by atoms with van der Waals surface area (Å²) in [5.41, 5.74) is -0.630. The van der Waals surface area contributed by atoms with Gasteiger partial charge < -0.3 is 10.4 Å². The molecule has 0 amide bonds. The van der Waals surface area contributed by atoms with Gasteiger partial charge in [-0.3, -0.25) is 0 Å². The Morgan fingerprint density at radius 2 is 2.11 bits per heavy atom. The molecule has 2 N–H and O–H groups in total. The molecule has 2 atom stereocenters. The summed E-state index contributed by atoms with van der Waals surface area (Å²) in [6, 6.07) is 3.56. The van der Waals surface area contributed by atoms with Gasteiger partial charge in [-0.1, -0.05) is 13.3 Å². The predicted molar refractivity (Wildman–Crippen MR) is 67.5 cm³/mol. The molecule has 0 unspecified atom stereocenters. The maximum atomic E-state index is 13.8. The molecule has 1 saturated carbocycles. The van der Waals surface area contributed by atoms with E-state index in [1.807, 2.05) is 6.92 Å². The van der Waals surface area contributed by atoms with Crippen molar-refractivity contribution >= 4 is 5.69 Å². The van der Waals surface area contributed by atoms with Crippen LogP contribution in [0.3, 0.4) is 0 Å². The molecule has 1 aliphatic carbocycles. The van der Waals surface area contributed by atoms with Crippen LogP contribution in [-0.4, -0.2) is 17.8 Å². The molecular formula is C14H16F2N2O. The third kappa shape index (κ3) is 2.54. The van der Waals surface area contributed by atoms with E-state index in [4.69, 9.17) is 5.26 Å². The summed E-state index contributed by atoms with van der Waals surface area (Å²) in [5, 5.41) is 20.9. The molecule has 1 fully saturated rings. The highest BCUT2D eigenvalue weighted by atomic mass is 19.1. The van der Waals surface area contributed by atoms with E-state index in [9.17, 15) is 13.9 Å². The molecule has 0 aromatic heterocycles. The molecule has 0 bridgehead atoms. The SMILES string of the molecule is C[C@@]1(CO)CCC[C@@H]1Nc1c(F)cc(C#N)cc1F. The fourth-order valence-corrected chi connectivity index (χ4v) is 2.62. The van der Waals surface area contributed by atoms with Crippen molar-refractivity contribution in [3.63, 3.8) is 0 Å². The average Bonchev–Trinajstić information content (AvgIpc) is 2.75. The van der Waals surface area contributed by atoms with Gasteiger partial charge >= 0.3 is 0 Å². The Bertz CT molecular complexity index is 504. The van der Waals surface area contributed by atoms with Crippen molar-refractivity contribution in [3.8, 4) is 6.07 Å². The smallest absolute Gasteiger partial charge is 0.150 e. The number of hydrogen-bond acceptors (Lipinski definition) is 3. The lowest BCUT2D eigenvalue weighted by molar-refractivity contribution is 0.138. The molecular weight excluding hydrogens is 250 g/mol. The minimum Gasteiger partial charge on any atom is -0.396 e. The summed E-state index contributed by atoms with van der Waals surface area (Å²) in [6.07, 6.45) is 2.49. The van der Waals surface area contributed by atoms with E-state index in [2.05, 4.69) is 5.32 Å². The largest absolute Gasteiger partial charge is 0.396 e. The Balaban J connectivity index is 2.27. The van der Waals surface area contributed by atoms with Crippen LogP contribution >= 0.6 is 0 Å². The highest BCUT2D eigenvalue weighted by molar-refractivity contribution is 5.51. The number of nitrogens with zero attached hydrogens (tertiary/aromatic N) is 1. The standard InChI is InChI=1S/C14H16F2N2O/c1-14(8-19)4-2-3-12(14)18-13-10(15)5-9(7-17)6-11(13)16/h5-6,12,18-19H,2-4,8H2,1H3/t12-,14-/m0/s1. The van der Waals surface area contributed by atoms with Crippen molar-refractivity contribution in [2.75, 3.05) is 11.9 Å². The Morgan fingerprint density at radius 1 is 1.47 bits per heavy atom. The van der Waals surface area contributed by atoms with Crippen LogP contribution in [0.4, 0.5) is 14.5 Å². The monoisotopic (exact) mass is 266 g/mol. The Morgan fingerprint density at radius 3 is 2.63 bits per heavy atom. The van der Waals surface area contributed by atoms with E-state index in [1.165, 1.54) is 0 Å². The van der Waals surface area contributed by atoms with Crippen LogP contribution in [-0.2, 0) is 0 Å². The lowest BCUT2D eigenvalue weighted by atomic mass is 9.85. The van der Waals surface area contributed by atoms with Crippen molar-refractivity contribution in [2.45, 2.75) is 32.2 Å². The van der Waals surface area contributed by atoms with Gasteiger partial charge in [0.25, 0.3) is 0 Å². The van der Waals surface area contributed by atoms with Crippen LogP contribution < -0.4 is 5.32 Å². The molecule has 0 radical (unpaired) electrons. The number of anilines is 1. The molecule has 0 aliphatic heterocycles. The van der Waals surface area contributed by atoms with Crippen molar-refractivity contribution in [3.05, 3.63) is 29.3 Å². The van der Waals surface area contributed by atoms with Crippen molar-refractivity contribution in [2.24, 2.45) is 5.41 Å². The van der Waals surface area contributed by atoms with E-state index < -0.39 is 11.6 Å². The molecule has 2 rings (SSSR count). The van der Waals surface area contributed by atoms with Gasteiger partial charge in [0.2, 0.25) is 0 Å². The maximum absolute atomic E-state index is 13.8. The molecule has 0 spiro atoms. The molecule has 102 valence electrons. The average molecular weight is 266 g/mol. The summed E-state index contributed by atoms with van der Waals surface area (Å²) >= 11 is 0. The zero-order valence-electron chi connectivity index (χ0n) is 10.7. The maximum Gasteiger partial charge on any atom is 0.150 e. The Kier molecular flexibility index (Phi) is 3.72. The molecule has 19 heavy (non-hydrogen) atoms. The van der Waals surface area contributed by atoms with Crippen LogP contribution in [0.5, 0.6) is 0 Å². The second-order valence-electron chi connectivity index (χ2n) is 5.33. The molecule has 1 aromatic rings. The lowest BCUT2D eigenvalue weighted by Crippen LogP contribution is -2.37. The van der Waals surface area contributed by atoms with Crippen LogP contribution in [0.2, 0.25) is 0 Å². The molecule has 5 heteroatoms. The van der Waals surface area contributed by atoms with Crippen molar-refractivity contribution in [1.82, 2.24) is 0 Å². The minimum atomic E-state index is -0.774. The highest BCUT2D eigenvalue weighted by Gasteiger charge is 2.38. The molecule has 1 aliphatic rings. The van der Waals surface area contributed by atoms with Gasteiger partial charge in [-0.2, -0.15) is 5.26 Å². The topological polar surface area (TPSA) is 56.0 Å². The van der Waals surface area contributed by atoms with Crippen LogP contribution in [0.1, 0.15) is 31.7 Å². The van der Waals surface area contributed by atoms with Gasteiger partial charge in [0.15, 0.2) is 11.6 Å². The summed E-state index contributed by atoms with van der Waals surface area (Å²) in [6.45, 7) is 1.88. The fourth-order valence-electron chi connectivity index (χ4n) is 2.62. The number of aliphatic hydroxyl groups is 1. The number of hydrogen-bond donors (Lipinski definition) is 2. The van der Waals surface area contributed by atoms with Gasteiger partial charge in [0.05, 0.1) is 18.2 Å². The number of nitriles is 1. The molecule has 0 heterocycles. The molecule has 1 aromatic carbocycles. The second-order valence-corrected chi connectivity index (χ2v) is 5.33. The second kappa shape index (κ2) is 5.14. The summed E-state index contributed by atoms with van der Waals surface area (Å²) in [5.74, 6) is -1.55. The highest BCUT2D eigenvalue weighted by Crippen LogP contribution is 2.39. The van der Waals surface area contributed by atoms with E-state index in [0.717, 1.165) is 31.4 Å². The van der Waals surface area contributed by atoms with E-state index in [-0.39, 0.29) is 29.3 Å². The van der Waals surface area contributed by atoms with Crippen molar-refractivity contribution < 1.29 is 13.9 Å². The third-order valence-electron chi connectivity index (χ3n) is 3.93. The first-order chi connectivity index (χ1) is 9.00. The van der Waals surface area contributed by atoms with Gasteiger partial charge in [-0.25, -0.2) is 8.78 Å². The first kappa shape index (κ1) is 13.8. The van der Waals surface area contributed by atoms with E-state index in [0.29, 0.717) is 0 Å². The number of nitrogens with one attached hydrogen (secondary N) is 1. The van der Waals surface area contributed by atoms with Crippen LogP contribution in [0, 0.1) is 28.4 Å². The summed E-state index contributed by atoms with van der Waals surface area (Å²) < 4.78 is 27.6. The normalized spacial score (nSPS) is 26.2. The zero-order chi connectivity index (χ0) is 14.0.